The highest BCUT2D eigenvalue weighted by molar-refractivity contribution is 5.67. The Morgan fingerprint density at radius 1 is 1.18 bits per heavy atom. The standard InChI is InChI=1S/C22H25FN2O3/c23-22(15-24-20-13-19(20)18-9-5-2-6-10-18)16-25(11-12-28-22)21(26)27-14-17-7-3-1-4-8-17/h1-10,19-20,24H,11-16H2/t19-,20+,22?/m0/s1. The largest absolute Gasteiger partial charge is 0.445 e. The van der Waals surface area contributed by atoms with Gasteiger partial charge in [-0.1, -0.05) is 60.7 Å². The van der Waals surface area contributed by atoms with Crippen molar-refractivity contribution in [3.05, 3.63) is 71.8 Å². The number of benzene rings is 2. The van der Waals surface area contributed by atoms with Gasteiger partial charge < -0.3 is 19.7 Å². The molecule has 5 nitrogen and oxygen atoms in total. The van der Waals surface area contributed by atoms with Crippen molar-refractivity contribution >= 4 is 6.09 Å². The van der Waals surface area contributed by atoms with E-state index in [4.69, 9.17) is 9.47 Å². The van der Waals surface area contributed by atoms with Gasteiger partial charge in [0.2, 0.25) is 5.85 Å². The summed E-state index contributed by atoms with van der Waals surface area (Å²) in [5.74, 6) is -1.48. The second-order valence-corrected chi connectivity index (χ2v) is 7.43. The third-order valence-corrected chi connectivity index (χ3v) is 5.26. The van der Waals surface area contributed by atoms with E-state index in [1.165, 1.54) is 10.5 Å². The highest BCUT2D eigenvalue weighted by Gasteiger charge is 2.43. The van der Waals surface area contributed by atoms with Crippen LogP contribution in [-0.4, -0.2) is 49.1 Å². The Balaban J connectivity index is 1.25. The van der Waals surface area contributed by atoms with Crippen molar-refractivity contribution in [3.8, 4) is 0 Å². The first-order valence-electron chi connectivity index (χ1n) is 9.70. The molecule has 1 saturated carbocycles. The molecule has 1 saturated heterocycles. The fraction of sp³-hybridized carbons (Fsp3) is 0.409. The second-order valence-electron chi connectivity index (χ2n) is 7.43. The minimum absolute atomic E-state index is 0.0590. The summed E-state index contributed by atoms with van der Waals surface area (Å²) in [6, 6.07) is 19.9. The molecule has 2 aromatic carbocycles. The zero-order valence-electron chi connectivity index (χ0n) is 15.7. The number of hydrogen-bond donors (Lipinski definition) is 1. The lowest BCUT2D eigenvalue weighted by Gasteiger charge is -2.36. The number of morpholine rings is 1. The van der Waals surface area contributed by atoms with E-state index in [0.717, 1.165) is 12.0 Å². The molecule has 0 bridgehead atoms. The fourth-order valence-corrected chi connectivity index (χ4v) is 3.59. The number of carbonyl (C=O) groups excluding carboxylic acids is 1. The first kappa shape index (κ1) is 18.9. The number of hydrogen-bond acceptors (Lipinski definition) is 4. The minimum Gasteiger partial charge on any atom is -0.445 e. The summed E-state index contributed by atoms with van der Waals surface area (Å²) < 4.78 is 25.8. The third-order valence-electron chi connectivity index (χ3n) is 5.26. The summed E-state index contributed by atoms with van der Waals surface area (Å²) in [6.07, 6.45) is 0.478. The Kier molecular flexibility index (Phi) is 5.59. The summed E-state index contributed by atoms with van der Waals surface area (Å²) >= 11 is 0. The third kappa shape index (κ3) is 4.69. The van der Waals surface area contributed by atoms with Crippen LogP contribution < -0.4 is 5.32 Å². The number of amides is 1. The second kappa shape index (κ2) is 8.29. The SMILES string of the molecule is O=C(OCc1ccccc1)N1CCOC(F)(CN[C@@H]2C[C@H]2c2ccccc2)C1. The van der Waals surface area contributed by atoms with Gasteiger partial charge in [-0.3, -0.25) is 0 Å². The molecule has 2 aromatic rings. The normalized spacial score (nSPS) is 26.7. The van der Waals surface area contributed by atoms with Crippen molar-refractivity contribution in [2.75, 3.05) is 26.2 Å². The Morgan fingerprint density at radius 2 is 1.89 bits per heavy atom. The highest BCUT2D eigenvalue weighted by Crippen LogP contribution is 2.40. The predicted octanol–water partition coefficient (Wildman–Crippen LogP) is 3.47. The van der Waals surface area contributed by atoms with E-state index < -0.39 is 11.9 Å². The molecule has 2 fully saturated rings. The van der Waals surface area contributed by atoms with Crippen LogP contribution in [0.3, 0.4) is 0 Å². The van der Waals surface area contributed by atoms with Crippen molar-refractivity contribution in [3.63, 3.8) is 0 Å². The molecule has 28 heavy (non-hydrogen) atoms. The fourth-order valence-electron chi connectivity index (χ4n) is 3.59. The molecule has 6 heteroatoms. The average Bonchev–Trinajstić information content (AvgIpc) is 3.52. The van der Waals surface area contributed by atoms with Crippen molar-refractivity contribution in [1.29, 1.82) is 0 Å². The molecule has 1 aliphatic heterocycles. The lowest BCUT2D eigenvalue weighted by Crippen LogP contribution is -2.55. The number of carbonyl (C=O) groups is 1. The van der Waals surface area contributed by atoms with Gasteiger partial charge in [0.25, 0.3) is 0 Å². The quantitative estimate of drug-likeness (QED) is 0.829. The van der Waals surface area contributed by atoms with E-state index in [-0.39, 0.29) is 32.3 Å². The topological polar surface area (TPSA) is 50.8 Å². The lowest BCUT2D eigenvalue weighted by atomic mass is 10.1. The molecular formula is C22H25FN2O3. The maximum Gasteiger partial charge on any atom is 0.410 e. The molecule has 0 spiro atoms. The minimum atomic E-state index is -1.89. The van der Waals surface area contributed by atoms with E-state index in [0.29, 0.717) is 12.5 Å². The Hall–Kier alpha value is -2.44. The molecule has 1 aliphatic carbocycles. The zero-order chi connectivity index (χ0) is 19.4. The Bertz CT molecular complexity index is 789. The summed E-state index contributed by atoms with van der Waals surface area (Å²) in [4.78, 5) is 13.7. The lowest BCUT2D eigenvalue weighted by molar-refractivity contribution is -0.181. The number of ether oxygens (including phenoxy) is 2. The van der Waals surface area contributed by atoms with Gasteiger partial charge in [-0.05, 0) is 17.5 Å². The van der Waals surface area contributed by atoms with Gasteiger partial charge in [-0.2, -0.15) is 0 Å². The van der Waals surface area contributed by atoms with Crippen molar-refractivity contribution in [1.82, 2.24) is 10.2 Å². The van der Waals surface area contributed by atoms with Gasteiger partial charge in [0.1, 0.15) is 6.61 Å². The van der Waals surface area contributed by atoms with Gasteiger partial charge in [0.15, 0.2) is 0 Å². The number of nitrogens with zero attached hydrogens (tertiary/aromatic N) is 1. The van der Waals surface area contributed by atoms with Crippen molar-refractivity contribution in [2.24, 2.45) is 0 Å². The summed E-state index contributed by atoms with van der Waals surface area (Å²) in [5, 5.41) is 3.25. The van der Waals surface area contributed by atoms with E-state index in [1.54, 1.807) is 0 Å². The van der Waals surface area contributed by atoms with Crippen LogP contribution in [0.2, 0.25) is 0 Å². The van der Waals surface area contributed by atoms with Crippen LogP contribution in [0.25, 0.3) is 0 Å². The molecule has 1 amide bonds. The van der Waals surface area contributed by atoms with Gasteiger partial charge >= 0.3 is 6.09 Å². The number of halogens is 1. The summed E-state index contributed by atoms with van der Waals surface area (Å²) in [7, 11) is 0. The molecule has 3 atom stereocenters. The smallest absolute Gasteiger partial charge is 0.410 e. The molecular weight excluding hydrogens is 359 g/mol. The van der Waals surface area contributed by atoms with Gasteiger partial charge in [0, 0.05) is 18.5 Å². The zero-order valence-corrected chi connectivity index (χ0v) is 15.7. The van der Waals surface area contributed by atoms with Crippen LogP contribution in [0.5, 0.6) is 0 Å². The van der Waals surface area contributed by atoms with Crippen LogP contribution in [0.15, 0.2) is 60.7 Å². The monoisotopic (exact) mass is 384 g/mol. The molecule has 0 radical (unpaired) electrons. The van der Waals surface area contributed by atoms with Crippen LogP contribution in [0.4, 0.5) is 9.18 Å². The maximum atomic E-state index is 15.1. The Morgan fingerprint density at radius 3 is 2.64 bits per heavy atom. The van der Waals surface area contributed by atoms with Crippen LogP contribution in [-0.2, 0) is 16.1 Å². The maximum absolute atomic E-state index is 15.1. The van der Waals surface area contributed by atoms with Gasteiger partial charge in [0.05, 0.1) is 19.7 Å². The highest BCUT2D eigenvalue weighted by atomic mass is 19.2. The first-order chi connectivity index (χ1) is 13.6. The number of alkyl halides is 1. The molecule has 4 rings (SSSR count). The number of rotatable bonds is 6. The molecule has 148 valence electrons. The summed E-state index contributed by atoms with van der Waals surface area (Å²) in [5.41, 5.74) is 2.17. The van der Waals surface area contributed by atoms with E-state index in [2.05, 4.69) is 17.4 Å². The molecule has 1 N–H and O–H groups in total. The van der Waals surface area contributed by atoms with Crippen molar-refractivity contribution in [2.45, 2.75) is 30.8 Å². The van der Waals surface area contributed by atoms with Crippen molar-refractivity contribution < 1.29 is 18.7 Å². The molecule has 2 aliphatic rings. The van der Waals surface area contributed by atoms with Gasteiger partial charge in [-0.25, -0.2) is 9.18 Å². The van der Waals surface area contributed by atoms with Crippen LogP contribution in [0, 0.1) is 0 Å². The van der Waals surface area contributed by atoms with Crippen LogP contribution >= 0.6 is 0 Å². The first-order valence-corrected chi connectivity index (χ1v) is 9.70. The predicted molar refractivity (Wildman–Crippen MR) is 104 cm³/mol. The molecule has 1 unspecified atom stereocenters. The van der Waals surface area contributed by atoms with Crippen LogP contribution in [0.1, 0.15) is 23.5 Å². The average molecular weight is 384 g/mol. The summed E-state index contributed by atoms with van der Waals surface area (Å²) in [6.45, 7) is 0.593. The van der Waals surface area contributed by atoms with E-state index >= 15 is 4.39 Å². The number of nitrogens with one attached hydrogen (secondary N) is 1. The Labute approximate surface area is 164 Å². The van der Waals surface area contributed by atoms with E-state index in [9.17, 15) is 4.79 Å². The van der Waals surface area contributed by atoms with E-state index in [1.807, 2.05) is 48.5 Å². The van der Waals surface area contributed by atoms with Gasteiger partial charge in [-0.15, -0.1) is 0 Å². The molecule has 1 heterocycles. The molecule has 0 aromatic heterocycles.